The van der Waals surface area contributed by atoms with Crippen LogP contribution >= 0.6 is 0 Å². The second-order valence-corrected chi connectivity index (χ2v) is 6.20. The van der Waals surface area contributed by atoms with Gasteiger partial charge in [0.15, 0.2) is 0 Å². The van der Waals surface area contributed by atoms with Crippen molar-refractivity contribution in [2.75, 3.05) is 24.5 Å². The van der Waals surface area contributed by atoms with Gasteiger partial charge in [-0.25, -0.2) is 4.98 Å². The lowest BCUT2D eigenvalue weighted by Gasteiger charge is -2.21. The van der Waals surface area contributed by atoms with E-state index in [4.69, 9.17) is 0 Å². The molecule has 0 aromatic carbocycles. The predicted octanol–water partition coefficient (Wildman–Crippen LogP) is 1.96. The Labute approximate surface area is 121 Å². The van der Waals surface area contributed by atoms with Gasteiger partial charge in [-0.1, -0.05) is 6.92 Å². The Balaban J connectivity index is 1.73. The van der Waals surface area contributed by atoms with E-state index in [1.165, 1.54) is 5.56 Å². The first-order valence-electron chi connectivity index (χ1n) is 7.81. The zero-order chi connectivity index (χ0) is 14.1. The molecular formula is C16H25N3O. The largest absolute Gasteiger partial charge is 0.393 e. The molecule has 1 saturated heterocycles. The molecule has 1 saturated carbocycles. The molecule has 0 spiro atoms. The minimum Gasteiger partial charge on any atom is -0.393 e. The van der Waals surface area contributed by atoms with Crippen LogP contribution in [0, 0.1) is 11.8 Å². The molecule has 1 aliphatic carbocycles. The SMILES string of the molecule is CCNC(C)c1ccnc(N2CC3CCC(O)C3C2)c1. The molecule has 4 heteroatoms. The van der Waals surface area contributed by atoms with Gasteiger partial charge in [-0.05, 0) is 49.9 Å². The molecule has 0 radical (unpaired) electrons. The predicted molar refractivity (Wildman–Crippen MR) is 80.8 cm³/mol. The van der Waals surface area contributed by atoms with Crippen molar-refractivity contribution in [3.8, 4) is 0 Å². The molecule has 0 amide bonds. The fourth-order valence-corrected chi connectivity index (χ4v) is 3.72. The van der Waals surface area contributed by atoms with Gasteiger partial charge in [0.25, 0.3) is 0 Å². The van der Waals surface area contributed by atoms with Crippen LogP contribution in [-0.4, -0.2) is 35.8 Å². The van der Waals surface area contributed by atoms with E-state index in [0.717, 1.165) is 38.3 Å². The third kappa shape index (κ3) is 2.54. The van der Waals surface area contributed by atoms with Gasteiger partial charge < -0.3 is 15.3 Å². The second-order valence-electron chi connectivity index (χ2n) is 6.20. The first-order valence-corrected chi connectivity index (χ1v) is 7.81. The first kappa shape index (κ1) is 13.8. The average molecular weight is 275 g/mol. The van der Waals surface area contributed by atoms with E-state index in [2.05, 4.69) is 41.2 Å². The molecule has 1 aromatic heterocycles. The van der Waals surface area contributed by atoms with Gasteiger partial charge in [0, 0.05) is 31.2 Å². The van der Waals surface area contributed by atoms with Crippen LogP contribution in [-0.2, 0) is 0 Å². The zero-order valence-electron chi connectivity index (χ0n) is 12.4. The summed E-state index contributed by atoms with van der Waals surface area (Å²) < 4.78 is 0. The number of aliphatic hydroxyl groups is 1. The van der Waals surface area contributed by atoms with Gasteiger partial charge in [0.2, 0.25) is 0 Å². The summed E-state index contributed by atoms with van der Waals surface area (Å²) in [5, 5.41) is 13.5. The molecule has 4 nitrogen and oxygen atoms in total. The van der Waals surface area contributed by atoms with Crippen molar-refractivity contribution in [3.05, 3.63) is 23.9 Å². The molecule has 2 heterocycles. The summed E-state index contributed by atoms with van der Waals surface area (Å²) in [6.45, 7) is 7.29. The Hall–Kier alpha value is -1.13. The van der Waals surface area contributed by atoms with Crippen molar-refractivity contribution in [1.82, 2.24) is 10.3 Å². The van der Waals surface area contributed by atoms with Crippen molar-refractivity contribution >= 4 is 5.82 Å². The summed E-state index contributed by atoms with van der Waals surface area (Å²) in [5.74, 6) is 2.17. The smallest absolute Gasteiger partial charge is 0.128 e. The second kappa shape index (κ2) is 5.70. The van der Waals surface area contributed by atoms with Crippen LogP contribution in [0.15, 0.2) is 18.3 Å². The standard InChI is InChI=1S/C16H25N3O/c1-3-17-11(2)12-6-7-18-16(8-12)19-9-13-4-5-15(20)14(13)10-19/h6-8,11,13-15,17,20H,3-5,9-10H2,1-2H3. The van der Waals surface area contributed by atoms with E-state index >= 15 is 0 Å². The summed E-state index contributed by atoms with van der Waals surface area (Å²) in [7, 11) is 0. The average Bonchev–Trinajstić information content (AvgIpc) is 3.02. The molecule has 1 aromatic rings. The number of nitrogens with zero attached hydrogens (tertiary/aromatic N) is 2. The number of fused-ring (bicyclic) bond motifs is 1. The number of anilines is 1. The van der Waals surface area contributed by atoms with Gasteiger partial charge in [0.1, 0.15) is 5.82 Å². The highest BCUT2D eigenvalue weighted by atomic mass is 16.3. The number of aliphatic hydroxyl groups excluding tert-OH is 1. The molecule has 20 heavy (non-hydrogen) atoms. The quantitative estimate of drug-likeness (QED) is 0.882. The van der Waals surface area contributed by atoms with Gasteiger partial charge in [0.05, 0.1) is 6.10 Å². The summed E-state index contributed by atoms with van der Waals surface area (Å²) >= 11 is 0. The van der Waals surface area contributed by atoms with Crippen molar-refractivity contribution in [3.63, 3.8) is 0 Å². The van der Waals surface area contributed by atoms with Crippen LogP contribution in [0.5, 0.6) is 0 Å². The molecule has 110 valence electrons. The minimum absolute atomic E-state index is 0.103. The van der Waals surface area contributed by atoms with Crippen LogP contribution in [0.1, 0.15) is 38.3 Å². The molecule has 1 aliphatic heterocycles. The number of pyridine rings is 1. The summed E-state index contributed by atoms with van der Waals surface area (Å²) in [6.07, 6.45) is 3.95. The van der Waals surface area contributed by atoms with Crippen molar-refractivity contribution < 1.29 is 5.11 Å². The molecule has 4 atom stereocenters. The van der Waals surface area contributed by atoms with Crippen LogP contribution in [0.4, 0.5) is 5.82 Å². The topological polar surface area (TPSA) is 48.4 Å². The number of hydrogen-bond acceptors (Lipinski definition) is 4. The van der Waals surface area contributed by atoms with Gasteiger partial charge in [-0.2, -0.15) is 0 Å². The highest BCUT2D eigenvalue weighted by Crippen LogP contribution is 2.39. The third-order valence-electron chi connectivity index (χ3n) is 4.92. The lowest BCUT2D eigenvalue weighted by molar-refractivity contribution is 0.133. The Morgan fingerprint density at radius 2 is 2.30 bits per heavy atom. The number of rotatable bonds is 4. The summed E-state index contributed by atoms with van der Waals surface area (Å²) in [5.41, 5.74) is 1.29. The minimum atomic E-state index is -0.103. The van der Waals surface area contributed by atoms with E-state index in [1.807, 2.05) is 6.20 Å². The molecule has 2 fully saturated rings. The Bertz CT molecular complexity index is 465. The molecule has 3 rings (SSSR count). The van der Waals surface area contributed by atoms with Gasteiger partial charge in [-0.15, -0.1) is 0 Å². The molecule has 4 unspecified atom stereocenters. The maximum absolute atomic E-state index is 10.0. The maximum Gasteiger partial charge on any atom is 0.128 e. The first-order chi connectivity index (χ1) is 9.69. The van der Waals surface area contributed by atoms with E-state index in [9.17, 15) is 5.11 Å². The third-order valence-corrected chi connectivity index (χ3v) is 4.92. The summed E-state index contributed by atoms with van der Waals surface area (Å²) in [4.78, 5) is 6.88. The van der Waals surface area contributed by atoms with Crippen LogP contribution in [0.25, 0.3) is 0 Å². The van der Waals surface area contributed by atoms with Gasteiger partial charge >= 0.3 is 0 Å². The fraction of sp³-hybridized carbons (Fsp3) is 0.688. The van der Waals surface area contributed by atoms with Gasteiger partial charge in [-0.3, -0.25) is 0 Å². The maximum atomic E-state index is 10.0. The molecule has 0 bridgehead atoms. The summed E-state index contributed by atoms with van der Waals surface area (Å²) in [6, 6.07) is 4.64. The van der Waals surface area contributed by atoms with Crippen LogP contribution in [0.3, 0.4) is 0 Å². The molecule has 2 N–H and O–H groups in total. The monoisotopic (exact) mass is 275 g/mol. The molecule has 2 aliphatic rings. The van der Waals surface area contributed by atoms with E-state index < -0.39 is 0 Å². The normalized spacial score (nSPS) is 30.6. The van der Waals surface area contributed by atoms with Crippen LogP contribution in [0.2, 0.25) is 0 Å². The fourth-order valence-electron chi connectivity index (χ4n) is 3.72. The Kier molecular flexibility index (Phi) is 3.94. The number of nitrogens with one attached hydrogen (secondary N) is 1. The van der Waals surface area contributed by atoms with Crippen molar-refractivity contribution in [2.24, 2.45) is 11.8 Å². The lowest BCUT2D eigenvalue weighted by Crippen LogP contribution is -2.25. The zero-order valence-corrected chi connectivity index (χ0v) is 12.4. The highest BCUT2D eigenvalue weighted by molar-refractivity contribution is 5.43. The Morgan fingerprint density at radius 1 is 1.45 bits per heavy atom. The number of aromatic nitrogens is 1. The van der Waals surface area contributed by atoms with E-state index in [-0.39, 0.29) is 6.10 Å². The highest BCUT2D eigenvalue weighted by Gasteiger charge is 2.42. The van der Waals surface area contributed by atoms with E-state index in [0.29, 0.717) is 17.9 Å². The lowest BCUT2D eigenvalue weighted by atomic mass is 10.00. The van der Waals surface area contributed by atoms with Crippen LogP contribution < -0.4 is 10.2 Å². The van der Waals surface area contributed by atoms with Crippen molar-refractivity contribution in [1.29, 1.82) is 0 Å². The number of hydrogen-bond donors (Lipinski definition) is 2. The van der Waals surface area contributed by atoms with E-state index in [1.54, 1.807) is 0 Å². The molecular weight excluding hydrogens is 250 g/mol. The van der Waals surface area contributed by atoms with Crippen molar-refractivity contribution in [2.45, 2.75) is 38.8 Å². The Morgan fingerprint density at radius 3 is 3.05 bits per heavy atom.